The van der Waals surface area contributed by atoms with Gasteiger partial charge in [0.25, 0.3) is 0 Å². The molecule has 0 heterocycles. The summed E-state index contributed by atoms with van der Waals surface area (Å²) in [6.45, 7) is 3.85. The van der Waals surface area contributed by atoms with Crippen molar-refractivity contribution in [3.8, 4) is 5.75 Å². The molecule has 0 unspecified atom stereocenters. The Morgan fingerprint density at radius 1 is 1.03 bits per heavy atom. The van der Waals surface area contributed by atoms with Crippen LogP contribution in [0.15, 0.2) is 48.5 Å². The number of phenolic OH excluding ortho intramolecular Hbond substituents is 1. The smallest absolute Gasteiger partial charge is 0.115 e. The zero-order chi connectivity index (χ0) is 20.1. The monoisotopic (exact) mass is 391 g/mol. The number of aryl methyl sites for hydroxylation is 1. The molecule has 3 N–H and O–H groups in total. The summed E-state index contributed by atoms with van der Waals surface area (Å²) in [5.74, 6) is 2.24. The van der Waals surface area contributed by atoms with Gasteiger partial charge < -0.3 is 15.5 Å². The molecule has 0 radical (unpaired) electrons. The van der Waals surface area contributed by atoms with Gasteiger partial charge in [-0.3, -0.25) is 0 Å². The van der Waals surface area contributed by atoms with E-state index >= 15 is 0 Å². The molecule has 0 spiro atoms. The van der Waals surface area contributed by atoms with Crippen molar-refractivity contribution in [1.29, 1.82) is 0 Å². The van der Waals surface area contributed by atoms with Gasteiger partial charge in [0, 0.05) is 18.5 Å². The molecule has 3 nitrogen and oxygen atoms in total. The topological polar surface area (TPSA) is 52.5 Å². The van der Waals surface area contributed by atoms with E-state index in [1.54, 1.807) is 0 Å². The Hall–Kier alpha value is -1.84. The van der Waals surface area contributed by atoms with E-state index in [0.717, 1.165) is 38.6 Å². The maximum absolute atomic E-state index is 11.8. The molecule has 154 valence electrons. The van der Waals surface area contributed by atoms with Crippen LogP contribution in [0.1, 0.15) is 61.6 Å². The van der Waals surface area contributed by atoms with Crippen LogP contribution in [0.5, 0.6) is 5.75 Å². The number of fused-ring (bicyclic) bond motifs is 5. The third-order valence-corrected chi connectivity index (χ3v) is 8.62. The predicted octanol–water partition coefficient (Wildman–Crippen LogP) is 4.77. The summed E-state index contributed by atoms with van der Waals surface area (Å²) >= 11 is 0. The van der Waals surface area contributed by atoms with Crippen LogP contribution in [0.4, 0.5) is 0 Å². The lowest BCUT2D eigenvalue weighted by atomic mass is 9.53. The van der Waals surface area contributed by atoms with Gasteiger partial charge in [0.1, 0.15) is 5.75 Å². The summed E-state index contributed by atoms with van der Waals surface area (Å²) < 4.78 is 0. The van der Waals surface area contributed by atoms with Crippen molar-refractivity contribution in [2.45, 2.75) is 63.5 Å². The molecule has 2 aromatic rings. The number of nitrogens with one attached hydrogen (secondary N) is 1. The highest BCUT2D eigenvalue weighted by Crippen LogP contribution is 2.64. The Labute approximate surface area is 174 Å². The molecule has 0 amide bonds. The van der Waals surface area contributed by atoms with Crippen LogP contribution in [-0.4, -0.2) is 22.4 Å². The number of phenols is 1. The second-order valence-corrected chi connectivity index (χ2v) is 9.91. The first kappa shape index (κ1) is 19.1. The number of rotatable bonds is 4. The Bertz CT molecular complexity index is 882. The molecule has 0 aliphatic heterocycles. The number of aliphatic hydroxyl groups is 1. The van der Waals surface area contributed by atoms with Gasteiger partial charge in [-0.1, -0.05) is 43.3 Å². The van der Waals surface area contributed by atoms with Crippen molar-refractivity contribution in [2.24, 2.45) is 17.3 Å². The van der Waals surface area contributed by atoms with Crippen molar-refractivity contribution in [2.75, 3.05) is 6.54 Å². The SMILES string of the molecule is C[C@]12CC[C@H]3c4ccc(O)cc4CC[C@@H]3[C@@H]1CC[C@]2(O)CNCc1ccccc1. The minimum atomic E-state index is -0.618. The third-order valence-electron chi connectivity index (χ3n) is 8.62. The first-order valence-electron chi connectivity index (χ1n) is 11.3. The normalized spacial score (nSPS) is 35.6. The van der Waals surface area contributed by atoms with E-state index in [-0.39, 0.29) is 5.41 Å². The maximum atomic E-state index is 11.8. The highest BCUT2D eigenvalue weighted by molar-refractivity contribution is 5.40. The van der Waals surface area contributed by atoms with Gasteiger partial charge in [-0.2, -0.15) is 0 Å². The summed E-state index contributed by atoms with van der Waals surface area (Å²) in [5.41, 5.74) is 3.44. The second kappa shape index (κ2) is 7.14. The molecule has 29 heavy (non-hydrogen) atoms. The van der Waals surface area contributed by atoms with E-state index in [1.807, 2.05) is 18.2 Å². The van der Waals surface area contributed by atoms with Crippen LogP contribution in [-0.2, 0) is 13.0 Å². The number of hydrogen-bond donors (Lipinski definition) is 3. The Balaban J connectivity index is 1.32. The second-order valence-electron chi connectivity index (χ2n) is 9.91. The van der Waals surface area contributed by atoms with Crippen LogP contribution in [0.2, 0.25) is 0 Å². The zero-order valence-corrected chi connectivity index (χ0v) is 17.4. The average molecular weight is 392 g/mol. The van der Waals surface area contributed by atoms with Crippen molar-refractivity contribution < 1.29 is 10.2 Å². The van der Waals surface area contributed by atoms with Crippen molar-refractivity contribution in [3.63, 3.8) is 0 Å². The first-order chi connectivity index (χ1) is 14.0. The summed E-state index contributed by atoms with van der Waals surface area (Å²) in [4.78, 5) is 0. The van der Waals surface area contributed by atoms with Gasteiger partial charge in [0.05, 0.1) is 5.60 Å². The summed E-state index contributed by atoms with van der Waals surface area (Å²) in [6.07, 6.45) is 6.52. The van der Waals surface area contributed by atoms with Gasteiger partial charge in [0.15, 0.2) is 0 Å². The fourth-order valence-electron chi connectivity index (χ4n) is 6.98. The minimum absolute atomic E-state index is 0.00766. The van der Waals surface area contributed by atoms with E-state index in [9.17, 15) is 10.2 Å². The van der Waals surface area contributed by atoms with Crippen LogP contribution in [0.3, 0.4) is 0 Å². The molecular weight excluding hydrogens is 358 g/mol. The van der Waals surface area contributed by atoms with Crippen molar-refractivity contribution in [3.05, 3.63) is 65.2 Å². The molecule has 0 saturated heterocycles. The van der Waals surface area contributed by atoms with Crippen molar-refractivity contribution in [1.82, 2.24) is 5.32 Å². The van der Waals surface area contributed by atoms with Gasteiger partial charge >= 0.3 is 0 Å². The van der Waals surface area contributed by atoms with E-state index in [0.29, 0.717) is 30.0 Å². The van der Waals surface area contributed by atoms with Crippen LogP contribution in [0.25, 0.3) is 0 Å². The van der Waals surface area contributed by atoms with Gasteiger partial charge in [-0.15, -0.1) is 0 Å². The van der Waals surface area contributed by atoms with Crippen LogP contribution < -0.4 is 5.32 Å². The molecule has 0 bridgehead atoms. The Morgan fingerprint density at radius 2 is 1.86 bits per heavy atom. The number of aromatic hydroxyl groups is 1. The maximum Gasteiger partial charge on any atom is 0.115 e. The fourth-order valence-corrected chi connectivity index (χ4v) is 6.98. The predicted molar refractivity (Wildman–Crippen MR) is 116 cm³/mol. The zero-order valence-electron chi connectivity index (χ0n) is 17.4. The summed E-state index contributed by atoms with van der Waals surface area (Å²) in [7, 11) is 0. The number of benzene rings is 2. The standard InChI is InChI=1S/C26H33NO2/c1-25-13-11-22-21-10-8-20(28)15-19(21)7-9-23(22)24(25)12-14-26(25,29)17-27-16-18-5-3-2-4-6-18/h2-6,8,10,15,22-24,27-29H,7,9,11-14,16-17H2,1H3/t22-,23-,24-,25-,26-/m0/s1. The molecule has 2 saturated carbocycles. The van der Waals surface area contributed by atoms with Crippen LogP contribution in [0, 0.1) is 17.3 Å². The largest absolute Gasteiger partial charge is 0.508 e. The van der Waals surface area contributed by atoms with Gasteiger partial charge in [-0.05, 0) is 85.1 Å². The Kier molecular flexibility index (Phi) is 4.71. The molecule has 5 atom stereocenters. The number of hydrogen-bond acceptors (Lipinski definition) is 3. The fraction of sp³-hybridized carbons (Fsp3) is 0.538. The highest BCUT2D eigenvalue weighted by Gasteiger charge is 2.61. The summed E-state index contributed by atoms with van der Waals surface area (Å²) in [5, 5.41) is 25.2. The van der Waals surface area contributed by atoms with Crippen LogP contribution >= 0.6 is 0 Å². The molecule has 0 aromatic heterocycles. The van der Waals surface area contributed by atoms with E-state index in [1.165, 1.54) is 23.1 Å². The van der Waals surface area contributed by atoms with E-state index in [4.69, 9.17) is 0 Å². The lowest BCUT2D eigenvalue weighted by molar-refractivity contribution is -0.101. The molecule has 3 aliphatic carbocycles. The molecule has 3 heteroatoms. The average Bonchev–Trinajstić information content (AvgIpc) is 2.99. The van der Waals surface area contributed by atoms with E-state index < -0.39 is 5.60 Å². The molecule has 2 aromatic carbocycles. The Morgan fingerprint density at radius 3 is 2.69 bits per heavy atom. The van der Waals surface area contributed by atoms with E-state index in [2.05, 4.69) is 42.6 Å². The minimum Gasteiger partial charge on any atom is -0.508 e. The molecular formula is C26H33NO2. The molecule has 3 aliphatic rings. The highest BCUT2D eigenvalue weighted by atomic mass is 16.3. The summed E-state index contributed by atoms with van der Waals surface area (Å²) in [6, 6.07) is 16.4. The molecule has 5 rings (SSSR count). The van der Waals surface area contributed by atoms with Gasteiger partial charge in [0.2, 0.25) is 0 Å². The van der Waals surface area contributed by atoms with Gasteiger partial charge in [-0.25, -0.2) is 0 Å². The van der Waals surface area contributed by atoms with Crippen molar-refractivity contribution >= 4 is 0 Å². The third kappa shape index (κ3) is 3.10. The lowest BCUT2D eigenvalue weighted by Crippen LogP contribution is -2.55. The lowest BCUT2D eigenvalue weighted by Gasteiger charge is -2.53. The molecule has 2 fully saturated rings. The quantitative estimate of drug-likeness (QED) is 0.704. The first-order valence-corrected chi connectivity index (χ1v) is 11.3.